The van der Waals surface area contributed by atoms with Crippen molar-refractivity contribution in [3.8, 4) is 0 Å². The number of hydrogen-bond donors (Lipinski definition) is 0. The molecule has 3 aliphatic rings. The van der Waals surface area contributed by atoms with E-state index < -0.39 is 0 Å². The third kappa shape index (κ3) is 3.32. The van der Waals surface area contributed by atoms with E-state index in [-0.39, 0.29) is 20.4 Å². The third-order valence-corrected chi connectivity index (χ3v) is 3.24. The van der Waals surface area contributed by atoms with E-state index in [4.69, 9.17) is 0 Å². The van der Waals surface area contributed by atoms with Crippen molar-refractivity contribution < 1.29 is 20.4 Å². The zero-order chi connectivity index (χ0) is 12.2. The predicted molar refractivity (Wildman–Crippen MR) is 77.9 cm³/mol. The maximum absolute atomic E-state index is 2.20. The van der Waals surface area contributed by atoms with Gasteiger partial charge in [0.1, 0.15) is 0 Å². The van der Waals surface area contributed by atoms with Crippen molar-refractivity contribution in [1.29, 1.82) is 0 Å². The zero-order valence-electron chi connectivity index (χ0n) is 10.6. The van der Waals surface area contributed by atoms with Gasteiger partial charge in [0, 0.05) is 26.3 Å². The molecule has 1 heteroatoms. The summed E-state index contributed by atoms with van der Waals surface area (Å²) >= 11 is 0. The van der Waals surface area contributed by atoms with Gasteiger partial charge in [0.25, 0.3) is 0 Å². The van der Waals surface area contributed by atoms with Crippen LogP contribution in [-0.4, -0.2) is 0 Å². The van der Waals surface area contributed by atoms with Crippen LogP contribution in [0.2, 0.25) is 0 Å². The van der Waals surface area contributed by atoms with Gasteiger partial charge in [-0.1, -0.05) is 78.9 Å². The van der Waals surface area contributed by atoms with Gasteiger partial charge < -0.3 is 0 Å². The first kappa shape index (κ1) is 14.0. The fourth-order valence-electron chi connectivity index (χ4n) is 2.27. The van der Waals surface area contributed by atoms with Crippen LogP contribution in [0.15, 0.2) is 78.4 Å². The zero-order valence-corrected chi connectivity index (χ0v) is 13.3. The monoisotopic (exact) mass is 418 g/mol. The Morgan fingerprint density at radius 3 is 2.42 bits per heavy atom. The topological polar surface area (TPSA) is 0 Å². The summed E-state index contributed by atoms with van der Waals surface area (Å²) in [6.45, 7) is 0. The third-order valence-electron chi connectivity index (χ3n) is 3.24. The second-order valence-corrected chi connectivity index (χ2v) is 4.46. The van der Waals surface area contributed by atoms with Crippen molar-refractivity contribution >= 4 is 6.08 Å². The van der Waals surface area contributed by atoms with Gasteiger partial charge in [-0.05, 0) is 23.1 Å². The van der Waals surface area contributed by atoms with Crippen LogP contribution in [0.25, 0.3) is 6.08 Å². The van der Waals surface area contributed by atoms with Crippen LogP contribution in [0.5, 0.6) is 0 Å². The molecule has 0 bridgehead atoms. The minimum atomic E-state index is 0. The molecule has 0 saturated carbocycles. The molecule has 19 heavy (non-hydrogen) atoms. The standard InChI is InChI=1S/C9H8.C9H7.Re/c2*1-2-5-9-7-3-6-8(9)4-1;/h1-6H,7H2;1-7H;. The van der Waals surface area contributed by atoms with Gasteiger partial charge in [-0.2, -0.15) is 0 Å². The molecule has 0 nitrogen and oxygen atoms in total. The van der Waals surface area contributed by atoms with Crippen LogP contribution < -0.4 is 0 Å². The van der Waals surface area contributed by atoms with E-state index in [1.165, 1.54) is 22.6 Å². The van der Waals surface area contributed by atoms with Gasteiger partial charge in [-0.25, -0.2) is 0 Å². The Hall–Kier alpha value is -1.42. The van der Waals surface area contributed by atoms with Crippen LogP contribution >= 0.6 is 0 Å². The maximum atomic E-state index is 2.20. The maximum Gasteiger partial charge on any atom is 0.0485 e. The van der Waals surface area contributed by atoms with Gasteiger partial charge in [-0.3, -0.25) is 0 Å². The van der Waals surface area contributed by atoms with Crippen LogP contribution in [0.1, 0.15) is 11.1 Å². The summed E-state index contributed by atoms with van der Waals surface area (Å²) in [5.41, 5.74) is 4.17. The molecule has 0 spiro atoms. The van der Waals surface area contributed by atoms with Gasteiger partial charge in [0.15, 0.2) is 0 Å². The molecular weight excluding hydrogens is 402 g/mol. The number of benzene rings is 1. The molecule has 94 valence electrons. The molecule has 4 rings (SSSR count). The van der Waals surface area contributed by atoms with Crippen molar-refractivity contribution in [2.45, 2.75) is 6.42 Å². The number of fused-ring (bicyclic) bond motifs is 2. The second kappa shape index (κ2) is 6.66. The molecule has 0 amide bonds. The normalized spacial score (nSPS) is 17.2. The molecule has 2 radical (unpaired) electrons. The fraction of sp³-hybridized carbons (Fsp3) is 0.0556. The van der Waals surface area contributed by atoms with Crippen molar-refractivity contribution in [3.05, 3.63) is 95.5 Å². The molecular formula is C18H15Re. The Kier molecular flexibility index (Phi) is 4.91. The van der Waals surface area contributed by atoms with Crippen LogP contribution in [0.3, 0.4) is 0 Å². The van der Waals surface area contributed by atoms with Crippen LogP contribution in [-0.2, 0) is 26.8 Å². The Morgan fingerprint density at radius 1 is 0.789 bits per heavy atom. The Morgan fingerprint density at radius 2 is 1.58 bits per heavy atom. The minimum absolute atomic E-state index is 0. The van der Waals surface area contributed by atoms with Crippen molar-refractivity contribution in [3.63, 3.8) is 0 Å². The first-order valence-electron chi connectivity index (χ1n) is 6.28. The molecule has 1 aromatic carbocycles. The van der Waals surface area contributed by atoms with Gasteiger partial charge in [0.05, 0.1) is 0 Å². The number of allylic oxidation sites excluding steroid dienone is 9. The quantitative estimate of drug-likeness (QED) is 0.586. The van der Waals surface area contributed by atoms with E-state index in [2.05, 4.69) is 78.9 Å². The molecule has 1 aromatic rings. The summed E-state index contributed by atoms with van der Waals surface area (Å²) < 4.78 is 0. The molecule has 0 saturated heterocycles. The summed E-state index contributed by atoms with van der Waals surface area (Å²) in [5.74, 6) is 1.33. The molecule has 0 aromatic heterocycles. The SMILES string of the molecule is C1=C[C]2C=CC=C2C=C1.C1=Cc2ccccc2C1.[Re]. The number of hydrogen-bond acceptors (Lipinski definition) is 0. The van der Waals surface area contributed by atoms with Crippen molar-refractivity contribution in [2.24, 2.45) is 0 Å². The van der Waals surface area contributed by atoms with E-state index in [1.54, 1.807) is 0 Å². The molecule has 0 aliphatic heterocycles. The smallest absolute Gasteiger partial charge is 0.0485 e. The van der Waals surface area contributed by atoms with E-state index in [1.807, 2.05) is 0 Å². The van der Waals surface area contributed by atoms with Gasteiger partial charge >= 0.3 is 0 Å². The van der Waals surface area contributed by atoms with E-state index in [0.29, 0.717) is 0 Å². The summed E-state index contributed by atoms with van der Waals surface area (Å²) in [6.07, 6.45) is 20.2. The Labute approximate surface area is 128 Å². The van der Waals surface area contributed by atoms with Gasteiger partial charge in [0.2, 0.25) is 0 Å². The molecule has 3 aliphatic carbocycles. The predicted octanol–water partition coefficient (Wildman–Crippen LogP) is 4.44. The average Bonchev–Trinajstić information content (AvgIpc) is 3.08. The van der Waals surface area contributed by atoms with E-state index in [0.717, 1.165) is 6.42 Å². The fourth-order valence-corrected chi connectivity index (χ4v) is 2.27. The average molecular weight is 418 g/mol. The van der Waals surface area contributed by atoms with Gasteiger partial charge in [-0.15, -0.1) is 0 Å². The minimum Gasteiger partial charge on any atom is -0.0795 e. The summed E-state index contributed by atoms with van der Waals surface area (Å²) in [6, 6.07) is 8.49. The van der Waals surface area contributed by atoms with E-state index >= 15 is 0 Å². The Bertz CT molecular complexity index is 585. The summed E-state index contributed by atoms with van der Waals surface area (Å²) in [4.78, 5) is 0. The van der Waals surface area contributed by atoms with Crippen LogP contribution in [0, 0.1) is 5.92 Å². The number of rotatable bonds is 0. The Balaban J connectivity index is 0.000000133. The van der Waals surface area contributed by atoms with Crippen molar-refractivity contribution in [2.75, 3.05) is 0 Å². The molecule has 0 unspecified atom stereocenters. The molecule has 0 atom stereocenters. The largest absolute Gasteiger partial charge is 0.0795 e. The first-order valence-corrected chi connectivity index (χ1v) is 6.28. The summed E-state index contributed by atoms with van der Waals surface area (Å²) in [7, 11) is 0. The first-order chi connectivity index (χ1) is 8.93. The molecule has 0 fully saturated rings. The van der Waals surface area contributed by atoms with Crippen molar-refractivity contribution in [1.82, 2.24) is 0 Å². The second-order valence-electron chi connectivity index (χ2n) is 4.46. The van der Waals surface area contributed by atoms with E-state index in [9.17, 15) is 0 Å². The molecule has 0 heterocycles. The molecule has 0 N–H and O–H groups in total. The summed E-state index contributed by atoms with van der Waals surface area (Å²) in [5, 5.41) is 0. The van der Waals surface area contributed by atoms with Crippen LogP contribution in [0.4, 0.5) is 0 Å².